The summed E-state index contributed by atoms with van der Waals surface area (Å²) in [6.45, 7) is 0.123. The molecule has 1 atom stereocenters. The molecule has 0 spiro atoms. The Kier molecular flexibility index (Phi) is 5.70. The lowest BCUT2D eigenvalue weighted by Crippen LogP contribution is -2.42. The largest absolute Gasteiger partial charge is 0.479 e. The average molecular weight is 298 g/mol. The molecule has 0 fully saturated rings. The number of nitrogens with zero attached hydrogens (tertiary/aromatic N) is 3. The van der Waals surface area contributed by atoms with Crippen molar-refractivity contribution < 1.29 is 24.2 Å². The van der Waals surface area contributed by atoms with E-state index in [9.17, 15) is 19.5 Å². The molecule has 0 radical (unpaired) electrons. The summed E-state index contributed by atoms with van der Waals surface area (Å²) in [7, 11) is 4.36. The normalized spacial score (nSPS) is 11.6. The van der Waals surface area contributed by atoms with E-state index < -0.39 is 24.0 Å². The van der Waals surface area contributed by atoms with E-state index in [1.165, 1.54) is 36.1 Å². The summed E-state index contributed by atoms with van der Waals surface area (Å²) in [4.78, 5) is 35.4. The Balaban J connectivity index is 2.65. The van der Waals surface area contributed by atoms with Crippen LogP contribution in [0.5, 0.6) is 0 Å². The fraction of sp³-hybridized carbons (Fsp3) is 0.500. The number of carbonyl (C=O) groups excluding carboxylic acids is 2. The number of carbonyl (C=O) groups is 3. The monoisotopic (exact) mass is 298 g/mol. The SMILES string of the molecule is COC(=O)CCN(C)C(=O)NC(C(=O)O)c1cnn(C)c1. The summed E-state index contributed by atoms with van der Waals surface area (Å²) < 4.78 is 5.91. The first-order valence-electron chi connectivity index (χ1n) is 6.15. The first-order chi connectivity index (χ1) is 9.85. The van der Waals surface area contributed by atoms with Crippen molar-refractivity contribution in [3.8, 4) is 0 Å². The lowest BCUT2D eigenvalue weighted by molar-refractivity contribution is -0.141. The van der Waals surface area contributed by atoms with Gasteiger partial charge in [0.1, 0.15) is 0 Å². The Morgan fingerprint density at radius 2 is 2.19 bits per heavy atom. The first-order valence-corrected chi connectivity index (χ1v) is 6.15. The second kappa shape index (κ2) is 7.27. The van der Waals surface area contributed by atoms with Crippen LogP contribution in [-0.2, 0) is 21.4 Å². The zero-order valence-electron chi connectivity index (χ0n) is 12.1. The highest BCUT2D eigenvalue weighted by Gasteiger charge is 2.25. The molecule has 0 saturated carbocycles. The molecule has 116 valence electrons. The maximum Gasteiger partial charge on any atom is 0.331 e. The molecule has 1 aromatic rings. The van der Waals surface area contributed by atoms with Crippen LogP contribution >= 0.6 is 0 Å². The second-order valence-corrected chi connectivity index (χ2v) is 4.42. The van der Waals surface area contributed by atoms with Gasteiger partial charge in [0.05, 0.1) is 19.7 Å². The number of hydrogen-bond donors (Lipinski definition) is 2. The number of urea groups is 1. The molecule has 1 heterocycles. The molecule has 0 bridgehead atoms. The van der Waals surface area contributed by atoms with Crippen molar-refractivity contribution in [2.45, 2.75) is 12.5 Å². The van der Waals surface area contributed by atoms with Gasteiger partial charge in [-0.1, -0.05) is 0 Å². The summed E-state index contributed by atoms with van der Waals surface area (Å²) in [6, 6.07) is -1.80. The molecule has 1 unspecified atom stereocenters. The predicted octanol–water partition coefficient (Wildman–Crippen LogP) is -0.250. The zero-order valence-corrected chi connectivity index (χ0v) is 12.1. The maximum atomic E-state index is 11.9. The number of ether oxygens (including phenoxy) is 1. The number of rotatable bonds is 6. The smallest absolute Gasteiger partial charge is 0.331 e. The third-order valence-corrected chi connectivity index (χ3v) is 2.80. The van der Waals surface area contributed by atoms with E-state index in [-0.39, 0.29) is 13.0 Å². The molecule has 0 aliphatic carbocycles. The molecular weight excluding hydrogens is 280 g/mol. The Morgan fingerprint density at radius 3 is 2.67 bits per heavy atom. The third-order valence-electron chi connectivity index (χ3n) is 2.80. The zero-order chi connectivity index (χ0) is 16.0. The molecule has 2 N–H and O–H groups in total. The first kappa shape index (κ1) is 16.5. The van der Waals surface area contributed by atoms with Crippen LogP contribution in [0, 0.1) is 0 Å². The minimum atomic E-state index is -1.20. The average Bonchev–Trinajstić information content (AvgIpc) is 2.87. The number of carboxylic acid groups (broad SMARTS) is 1. The molecule has 21 heavy (non-hydrogen) atoms. The van der Waals surface area contributed by atoms with Crippen LogP contribution in [0.1, 0.15) is 18.0 Å². The quantitative estimate of drug-likeness (QED) is 0.700. The lowest BCUT2D eigenvalue weighted by atomic mass is 10.1. The molecular formula is C12H18N4O5. The van der Waals surface area contributed by atoms with Crippen molar-refractivity contribution in [3.05, 3.63) is 18.0 Å². The van der Waals surface area contributed by atoms with Gasteiger partial charge in [-0.25, -0.2) is 9.59 Å². The van der Waals surface area contributed by atoms with Crippen LogP contribution < -0.4 is 5.32 Å². The van der Waals surface area contributed by atoms with Gasteiger partial charge in [-0.2, -0.15) is 5.10 Å². The van der Waals surface area contributed by atoms with Crippen LogP contribution in [0.3, 0.4) is 0 Å². The number of aliphatic carboxylic acids is 1. The minimum Gasteiger partial charge on any atom is -0.479 e. The number of hydrogen-bond acceptors (Lipinski definition) is 5. The number of aromatic nitrogens is 2. The summed E-state index contributed by atoms with van der Waals surface area (Å²) in [5.41, 5.74) is 0.361. The molecule has 9 nitrogen and oxygen atoms in total. The number of amides is 2. The summed E-state index contributed by atoms with van der Waals surface area (Å²) in [5.74, 6) is -1.64. The van der Waals surface area contributed by atoms with Gasteiger partial charge in [-0.3, -0.25) is 9.48 Å². The van der Waals surface area contributed by atoms with Crippen LogP contribution in [0.4, 0.5) is 4.79 Å². The molecule has 1 rings (SSSR count). The molecule has 2 amide bonds. The van der Waals surface area contributed by atoms with E-state index in [1.807, 2.05) is 0 Å². The molecule has 0 aliphatic rings. The minimum absolute atomic E-state index is 0.0328. The Morgan fingerprint density at radius 1 is 1.52 bits per heavy atom. The highest BCUT2D eigenvalue weighted by molar-refractivity contribution is 5.83. The Bertz CT molecular complexity index is 527. The number of methoxy groups -OCH3 is 1. The number of carboxylic acids is 1. The van der Waals surface area contributed by atoms with E-state index in [1.54, 1.807) is 7.05 Å². The summed E-state index contributed by atoms with van der Waals surface area (Å²) in [6.07, 6.45) is 2.91. The van der Waals surface area contributed by atoms with E-state index in [0.717, 1.165) is 0 Å². The predicted molar refractivity (Wildman–Crippen MR) is 71.4 cm³/mol. The van der Waals surface area contributed by atoms with Gasteiger partial charge in [-0.15, -0.1) is 0 Å². The van der Waals surface area contributed by atoms with E-state index in [0.29, 0.717) is 5.56 Å². The molecule has 1 aromatic heterocycles. The van der Waals surface area contributed by atoms with Crippen molar-refractivity contribution in [2.75, 3.05) is 20.7 Å². The van der Waals surface area contributed by atoms with Gasteiger partial charge < -0.3 is 20.1 Å². The molecule has 9 heteroatoms. The van der Waals surface area contributed by atoms with Gasteiger partial charge in [0.15, 0.2) is 6.04 Å². The van der Waals surface area contributed by atoms with Crippen molar-refractivity contribution >= 4 is 18.0 Å². The molecule has 0 aliphatic heterocycles. The van der Waals surface area contributed by atoms with Crippen LogP contribution in [0.25, 0.3) is 0 Å². The van der Waals surface area contributed by atoms with Gasteiger partial charge in [0, 0.05) is 32.4 Å². The number of aryl methyl sites for hydroxylation is 1. The highest BCUT2D eigenvalue weighted by Crippen LogP contribution is 2.12. The highest BCUT2D eigenvalue weighted by atomic mass is 16.5. The standard InChI is InChI=1S/C12H18N4O5/c1-15(5-4-9(17)21-3)12(20)14-10(11(18)19)8-6-13-16(2)7-8/h6-7,10H,4-5H2,1-3H3,(H,14,20)(H,18,19). The fourth-order valence-corrected chi connectivity index (χ4v) is 1.57. The molecule has 0 saturated heterocycles. The summed E-state index contributed by atoms with van der Waals surface area (Å²) in [5, 5.41) is 15.4. The Labute approximate surface area is 121 Å². The van der Waals surface area contributed by atoms with E-state index >= 15 is 0 Å². The van der Waals surface area contributed by atoms with Crippen molar-refractivity contribution in [1.82, 2.24) is 20.0 Å². The van der Waals surface area contributed by atoms with Crippen molar-refractivity contribution in [1.29, 1.82) is 0 Å². The van der Waals surface area contributed by atoms with Gasteiger partial charge in [0.2, 0.25) is 0 Å². The number of esters is 1. The maximum absolute atomic E-state index is 11.9. The van der Waals surface area contributed by atoms with Gasteiger partial charge in [-0.05, 0) is 0 Å². The van der Waals surface area contributed by atoms with Gasteiger partial charge in [0.25, 0.3) is 0 Å². The summed E-state index contributed by atoms with van der Waals surface area (Å²) >= 11 is 0. The van der Waals surface area contributed by atoms with Crippen LogP contribution in [-0.4, -0.2) is 58.5 Å². The van der Waals surface area contributed by atoms with Crippen molar-refractivity contribution in [2.24, 2.45) is 7.05 Å². The van der Waals surface area contributed by atoms with Crippen LogP contribution in [0.15, 0.2) is 12.4 Å². The molecule has 0 aromatic carbocycles. The van der Waals surface area contributed by atoms with Crippen molar-refractivity contribution in [3.63, 3.8) is 0 Å². The third kappa shape index (κ3) is 4.79. The topological polar surface area (TPSA) is 114 Å². The second-order valence-electron chi connectivity index (χ2n) is 4.42. The fourth-order valence-electron chi connectivity index (χ4n) is 1.57. The van der Waals surface area contributed by atoms with E-state index in [2.05, 4.69) is 15.2 Å². The van der Waals surface area contributed by atoms with Gasteiger partial charge >= 0.3 is 18.0 Å². The number of nitrogens with one attached hydrogen (secondary N) is 1. The van der Waals surface area contributed by atoms with Crippen LogP contribution in [0.2, 0.25) is 0 Å². The van der Waals surface area contributed by atoms with E-state index in [4.69, 9.17) is 0 Å². The lowest BCUT2D eigenvalue weighted by Gasteiger charge is -2.20. The Hall–Kier alpha value is -2.58.